The number of carbonyl (C=O) groups is 1. The Morgan fingerprint density at radius 3 is 2.67 bits per heavy atom. The summed E-state index contributed by atoms with van der Waals surface area (Å²) >= 11 is 1.51. The van der Waals surface area contributed by atoms with Crippen molar-refractivity contribution in [3.05, 3.63) is 87.3 Å². The zero-order valence-corrected chi connectivity index (χ0v) is 18.0. The topological polar surface area (TPSA) is 66.1 Å². The average molecular weight is 420 g/mol. The van der Waals surface area contributed by atoms with E-state index in [1.807, 2.05) is 36.4 Å². The number of thioether (sulfide) groups is 1. The van der Waals surface area contributed by atoms with Gasteiger partial charge in [0.15, 0.2) is 5.16 Å². The summed E-state index contributed by atoms with van der Waals surface area (Å²) in [6.45, 7) is 4.57. The van der Waals surface area contributed by atoms with Crippen LogP contribution < -0.4 is 10.5 Å². The molecule has 3 aromatic rings. The van der Waals surface area contributed by atoms with Crippen LogP contribution in [0.4, 0.5) is 5.69 Å². The lowest BCUT2D eigenvalue weighted by molar-refractivity contribution is -0.118. The molecule has 1 aliphatic heterocycles. The Morgan fingerprint density at radius 1 is 1.17 bits per heavy atom. The zero-order chi connectivity index (χ0) is 21.1. The van der Waals surface area contributed by atoms with Gasteiger partial charge in [-0.15, -0.1) is 0 Å². The van der Waals surface area contributed by atoms with E-state index in [0.29, 0.717) is 23.0 Å². The van der Waals surface area contributed by atoms with Crippen LogP contribution in [0, 0.1) is 6.92 Å². The van der Waals surface area contributed by atoms with Crippen molar-refractivity contribution in [3.63, 3.8) is 0 Å². The van der Waals surface area contributed by atoms with Gasteiger partial charge in [-0.1, -0.05) is 60.3 Å². The van der Waals surface area contributed by atoms with Gasteiger partial charge in [0.2, 0.25) is 5.91 Å². The Balaban J connectivity index is 1.52. The summed E-state index contributed by atoms with van der Waals surface area (Å²) in [6.07, 6.45) is 1.97. The highest BCUT2D eigenvalue weighted by Gasteiger charge is 2.24. The number of fused-ring (bicyclic) bond motifs is 1. The van der Waals surface area contributed by atoms with E-state index in [1.165, 1.54) is 22.9 Å². The molecule has 1 aliphatic rings. The number of amides is 1. The molecule has 1 aromatic heterocycles. The molecule has 2 heterocycles. The summed E-state index contributed by atoms with van der Waals surface area (Å²) in [5, 5.41) is 0.736. The molecule has 0 fully saturated rings. The van der Waals surface area contributed by atoms with Gasteiger partial charge in [0.1, 0.15) is 0 Å². The first-order valence-electron chi connectivity index (χ1n) is 10.2. The highest BCUT2D eigenvalue weighted by molar-refractivity contribution is 7.99. The fourth-order valence-electron chi connectivity index (χ4n) is 3.85. The largest absolute Gasteiger partial charge is 0.312 e. The van der Waals surface area contributed by atoms with E-state index in [9.17, 15) is 9.59 Å². The van der Waals surface area contributed by atoms with Crippen LogP contribution in [0.15, 0.2) is 64.5 Å². The minimum atomic E-state index is -0.232. The molecular weight excluding hydrogens is 394 g/mol. The smallest absolute Gasteiger partial charge is 0.255 e. The number of anilines is 1. The van der Waals surface area contributed by atoms with E-state index in [0.717, 1.165) is 18.5 Å². The second kappa shape index (κ2) is 8.88. The number of hydrogen-bond acceptors (Lipinski definition) is 4. The Kier molecular flexibility index (Phi) is 6.04. The number of para-hydroxylation sites is 1. The molecule has 0 saturated heterocycles. The van der Waals surface area contributed by atoms with Gasteiger partial charge in [0.25, 0.3) is 5.56 Å². The molecule has 6 heteroatoms. The third kappa shape index (κ3) is 4.33. The van der Waals surface area contributed by atoms with Gasteiger partial charge >= 0.3 is 0 Å². The molecule has 2 aromatic carbocycles. The molecule has 5 nitrogen and oxygen atoms in total. The average Bonchev–Trinajstić information content (AvgIpc) is 2.76. The van der Waals surface area contributed by atoms with Gasteiger partial charge in [-0.3, -0.25) is 9.59 Å². The van der Waals surface area contributed by atoms with E-state index in [2.05, 4.69) is 35.1 Å². The maximum Gasteiger partial charge on any atom is 0.255 e. The molecule has 1 unspecified atom stereocenters. The maximum atomic E-state index is 13.0. The Hall–Kier alpha value is -2.86. The van der Waals surface area contributed by atoms with Crippen LogP contribution in [0.3, 0.4) is 0 Å². The van der Waals surface area contributed by atoms with Crippen LogP contribution in [-0.4, -0.2) is 22.4 Å². The molecule has 1 amide bonds. The van der Waals surface area contributed by atoms with Gasteiger partial charge < -0.3 is 9.88 Å². The summed E-state index contributed by atoms with van der Waals surface area (Å²) in [6, 6.07) is 18.1. The van der Waals surface area contributed by atoms with Gasteiger partial charge in [0.05, 0.1) is 6.42 Å². The van der Waals surface area contributed by atoms with Crippen molar-refractivity contribution < 1.29 is 4.79 Å². The first kappa shape index (κ1) is 20.4. The summed E-state index contributed by atoms with van der Waals surface area (Å²) < 4.78 is 0. The fraction of sp³-hybridized carbons (Fsp3) is 0.292. The van der Waals surface area contributed by atoms with Crippen LogP contribution >= 0.6 is 11.8 Å². The number of H-pyrrole nitrogens is 1. The lowest BCUT2D eigenvalue weighted by Gasteiger charge is -2.29. The van der Waals surface area contributed by atoms with Gasteiger partial charge in [-0.25, -0.2) is 4.98 Å². The van der Waals surface area contributed by atoms with Crippen molar-refractivity contribution in [3.8, 4) is 0 Å². The Bertz CT molecular complexity index is 1110. The van der Waals surface area contributed by atoms with Gasteiger partial charge in [-0.2, -0.15) is 0 Å². The minimum absolute atomic E-state index is 0.0572. The van der Waals surface area contributed by atoms with Crippen molar-refractivity contribution in [1.82, 2.24) is 9.97 Å². The van der Waals surface area contributed by atoms with E-state index < -0.39 is 0 Å². The van der Waals surface area contributed by atoms with E-state index >= 15 is 0 Å². The molecule has 0 saturated carbocycles. The first-order valence-corrected chi connectivity index (χ1v) is 11.1. The van der Waals surface area contributed by atoms with E-state index in [1.54, 1.807) is 11.8 Å². The van der Waals surface area contributed by atoms with E-state index in [4.69, 9.17) is 0 Å². The second-order valence-electron chi connectivity index (χ2n) is 7.56. The number of aromatic nitrogens is 2. The second-order valence-corrected chi connectivity index (χ2v) is 8.89. The summed E-state index contributed by atoms with van der Waals surface area (Å²) in [7, 11) is 0. The van der Waals surface area contributed by atoms with Crippen molar-refractivity contribution in [2.75, 3.05) is 11.4 Å². The zero-order valence-electron chi connectivity index (χ0n) is 17.2. The molecule has 0 bridgehead atoms. The van der Waals surface area contributed by atoms with Crippen LogP contribution in [0.5, 0.6) is 0 Å². The number of hydrogen-bond donors (Lipinski definition) is 1. The highest BCUT2D eigenvalue weighted by Crippen LogP contribution is 2.32. The number of nitrogens with zero attached hydrogens (tertiary/aromatic N) is 2. The van der Waals surface area contributed by atoms with Crippen LogP contribution in [0.2, 0.25) is 0 Å². The first-order chi connectivity index (χ1) is 14.5. The number of benzene rings is 2. The van der Waals surface area contributed by atoms with Crippen molar-refractivity contribution in [1.29, 1.82) is 0 Å². The molecule has 30 heavy (non-hydrogen) atoms. The monoisotopic (exact) mass is 419 g/mol. The molecule has 0 spiro atoms. The number of aromatic amines is 1. The normalized spacial score (nSPS) is 14.3. The molecule has 0 aliphatic carbocycles. The molecular formula is C24H25N3O2S. The quantitative estimate of drug-likeness (QED) is 0.490. The molecule has 1 atom stereocenters. The summed E-state index contributed by atoms with van der Waals surface area (Å²) in [4.78, 5) is 35.0. The third-order valence-corrected chi connectivity index (χ3v) is 6.54. The van der Waals surface area contributed by atoms with Crippen molar-refractivity contribution in [2.45, 2.75) is 43.5 Å². The fourth-order valence-corrected chi connectivity index (χ4v) is 4.82. The van der Waals surface area contributed by atoms with Crippen molar-refractivity contribution >= 4 is 23.4 Å². The predicted molar refractivity (Wildman–Crippen MR) is 121 cm³/mol. The van der Waals surface area contributed by atoms with Crippen molar-refractivity contribution in [2.24, 2.45) is 0 Å². The SMILES string of the molecule is Cc1nc(SC(C)c2ccccc2)[nH]c(=O)c1CC(=O)N1CCCc2ccccc21. The summed E-state index contributed by atoms with van der Waals surface area (Å²) in [5.41, 5.74) is 4.14. The minimum Gasteiger partial charge on any atom is -0.312 e. The van der Waals surface area contributed by atoms with Crippen LogP contribution in [0.25, 0.3) is 0 Å². The molecule has 4 rings (SSSR count). The number of aryl methyl sites for hydroxylation is 2. The molecule has 1 N–H and O–H groups in total. The summed E-state index contributed by atoms with van der Waals surface area (Å²) in [5.74, 6) is -0.0596. The van der Waals surface area contributed by atoms with Gasteiger partial charge in [-0.05, 0) is 43.9 Å². The highest BCUT2D eigenvalue weighted by atomic mass is 32.2. The van der Waals surface area contributed by atoms with Crippen LogP contribution in [-0.2, 0) is 17.6 Å². The van der Waals surface area contributed by atoms with Crippen LogP contribution in [0.1, 0.15) is 41.0 Å². The lowest BCUT2D eigenvalue weighted by atomic mass is 10.0. The molecule has 154 valence electrons. The molecule has 0 radical (unpaired) electrons. The maximum absolute atomic E-state index is 13.0. The number of nitrogens with one attached hydrogen (secondary N) is 1. The predicted octanol–water partition coefficient (Wildman–Crippen LogP) is 4.45. The number of carbonyl (C=O) groups excluding carboxylic acids is 1. The Labute approximate surface area is 180 Å². The number of rotatable bonds is 5. The standard InChI is InChI=1S/C24H25N3O2S/c1-16-20(15-22(28)27-14-8-12-19-11-6-7-13-21(19)27)23(29)26-24(25-16)30-17(2)18-9-4-3-5-10-18/h3-7,9-11,13,17H,8,12,14-15H2,1-2H3,(H,25,26,29). The lowest BCUT2D eigenvalue weighted by Crippen LogP contribution is -2.37. The van der Waals surface area contributed by atoms with E-state index in [-0.39, 0.29) is 23.1 Å². The third-order valence-electron chi connectivity index (χ3n) is 5.50. The van der Waals surface area contributed by atoms with Gasteiger partial charge in [0, 0.05) is 28.7 Å². The Morgan fingerprint density at radius 2 is 1.90 bits per heavy atom.